The van der Waals surface area contributed by atoms with E-state index in [1.54, 1.807) is 13.2 Å². The zero-order valence-electron chi connectivity index (χ0n) is 13.3. The first kappa shape index (κ1) is 15.9. The van der Waals surface area contributed by atoms with Crippen molar-refractivity contribution in [3.63, 3.8) is 0 Å². The molecule has 1 fully saturated rings. The van der Waals surface area contributed by atoms with Crippen molar-refractivity contribution in [3.05, 3.63) is 29.5 Å². The Hall–Kier alpha value is -2.50. The number of benzene rings is 1. The van der Waals surface area contributed by atoms with Crippen LogP contribution in [0.4, 0.5) is 5.69 Å². The average molecular weight is 303 g/mol. The molecule has 0 spiro atoms. The second-order valence-electron chi connectivity index (χ2n) is 4.63. The van der Waals surface area contributed by atoms with Crippen LogP contribution in [0, 0.1) is 0 Å². The van der Waals surface area contributed by atoms with Gasteiger partial charge in [0.2, 0.25) is 0 Å². The van der Waals surface area contributed by atoms with E-state index >= 15 is 0 Å². The Morgan fingerprint density at radius 2 is 2.18 bits per heavy atom. The van der Waals surface area contributed by atoms with Crippen LogP contribution in [0.3, 0.4) is 0 Å². The van der Waals surface area contributed by atoms with Crippen LogP contribution in [0.15, 0.2) is 29.0 Å². The van der Waals surface area contributed by atoms with Crippen molar-refractivity contribution in [2.24, 2.45) is 4.99 Å². The van der Waals surface area contributed by atoms with Crippen LogP contribution in [0.5, 0.6) is 5.75 Å². The fraction of sp³-hybridized carbons (Fsp3) is 0.375. The van der Waals surface area contributed by atoms with Crippen molar-refractivity contribution < 1.29 is 14.3 Å². The molecule has 0 radical (unpaired) electrons. The van der Waals surface area contributed by atoms with E-state index in [1.165, 1.54) is 4.90 Å². The molecule has 1 aliphatic heterocycles. The normalized spacial score (nSPS) is 18.0. The minimum absolute atomic E-state index is 0.175. The first-order chi connectivity index (χ1) is 10.6. The summed E-state index contributed by atoms with van der Waals surface area (Å²) in [5.74, 6) is 0.803. The van der Waals surface area contributed by atoms with Gasteiger partial charge in [0, 0.05) is 20.1 Å². The number of ether oxygens (including phenoxy) is 2. The number of methoxy groups -OCH3 is 1. The molecular formula is C16H21N3O3. The molecule has 0 atom stereocenters. The smallest absolute Gasteiger partial charge is 0.300 e. The first-order valence-electron chi connectivity index (χ1n) is 7.26. The maximum absolute atomic E-state index is 12.3. The fourth-order valence-electron chi connectivity index (χ4n) is 2.20. The number of carbonyl (C=O) groups excluding carboxylic acids is 1. The van der Waals surface area contributed by atoms with Crippen LogP contribution in [-0.2, 0) is 9.53 Å². The molecular weight excluding hydrogens is 282 g/mol. The highest BCUT2D eigenvalue weighted by atomic mass is 16.5. The van der Waals surface area contributed by atoms with Gasteiger partial charge in [0.05, 0.1) is 12.8 Å². The van der Waals surface area contributed by atoms with Crippen molar-refractivity contribution >= 4 is 23.7 Å². The summed E-state index contributed by atoms with van der Waals surface area (Å²) in [5.41, 5.74) is 1.71. The molecule has 6 heteroatoms. The van der Waals surface area contributed by atoms with Gasteiger partial charge < -0.3 is 14.8 Å². The van der Waals surface area contributed by atoms with Gasteiger partial charge in [-0.25, -0.2) is 4.99 Å². The number of hydrogen-bond acceptors (Lipinski definition) is 5. The molecule has 22 heavy (non-hydrogen) atoms. The number of amidine groups is 1. The van der Waals surface area contributed by atoms with E-state index < -0.39 is 0 Å². The predicted octanol–water partition coefficient (Wildman–Crippen LogP) is 2.33. The molecule has 0 saturated carbocycles. The van der Waals surface area contributed by atoms with Gasteiger partial charge in [-0.2, -0.15) is 0 Å². The summed E-state index contributed by atoms with van der Waals surface area (Å²) >= 11 is 0. The van der Waals surface area contributed by atoms with Gasteiger partial charge in [0.15, 0.2) is 5.76 Å². The van der Waals surface area contributed by atoms with Crippen LogP contribution in [-0.4, -0.2) is 44.1 Å². The number of rotatable bonds is 5. The van der Waals surface area contributed by atoms with Crippen molar-refractivity contribution in [3.8, 4) is 5.75 Å². The molecule has 1 N–H and O–H groups in total. The van der Waals surface area contributed by atoms with Crippen LogP contribution in [0.25, 0.3) is 6.08 Å². The van der Waals surface area contributed by atoms with E-state index in [4.69, 9.17) is 9.47 Å². The molecule has 1 amide bonds. The van der Waals surface area contributed by atoms with E-state index in [-0.39, 0.29) is 11.7 Å². The summed E-state index contributed by atoms with van der Waals surface area (Å²) in [4.78, 5) is 18.0. The van der Waals surface area contributed by atoms with Crippen molar-refractivity contribution in [2.45, 2.75) is 13.8 Å². The molecule has 6 nitrogen and oxygen atoms in total. The monoisotopic (exact) mass is 303 g/mol. The van der Waals surface area contributed by atoms with Crippen molar-refractivity contribution in [2.75, 3.05) is 32.6 Å². The summed E-state index contributed by atoms with van der Waals surface area (Å²) in [7, 11) is 3.43. The van der Waals surface area contributed by atoms with E-state index in [0.29, 0.717) is 24.9 Å². The van der Waals surface area contributed by atoms with Crippen LogP contribution in [0.2, 0.25) is 0 Å². The number of amides is 1. The zero-order chi connectivity index (χ0) is 16.1. The number of aliphatic imine (C=N–C) groups is 1. The number of anilines is 1. The molecule has 1 aromatic carbocycles. The van der Waals surface area contributed by atoms with E-state index in [0.717, 1.165) is 11.3 Å². The minimum Gasteiger partial charge on any atom is -0.495 e. The minimum atomic E-state index is -0.175. The van der Waals surface area contributed by atoms with Gasteiger partial charge in [0.25, 0.3) is 11.9 Å². The number of nitrogens with one attached hydrogen (secondary N) is 1. The van der Waals surface area contributed by atoms with Crippen LogP contribution in [0.1, 0.15) is 19.4 Å². The zero-order valence-corrected chi connectivity index (χ0v) is 13.3. The van der Waals surface area contributed by atoms with Gasteiger partial charge in [-0.05, 0) is 37.6 Å². The van der Waals surface area contributed by atoms with Crippen molar-refractivity contribution in [1.82, 2.24) is 4.90 Å². The van der Waals surface area contributed by atoms with Gasteiger partial charge >= 0.3 is 0 Å². The summed E-state index contributed by atoms with van der Waals surface area (Å²) in [6.45, 7) is 4.88. The lowest BCUT2D eigenvalue weighted by atomic mass is 10.1. The van der Waals surface area contributed by atoms with Crippen LogP contribution < -0.4 is 10.1 Å². The Kier molecular flexibility index (Phi) is 5.04. The predicted molar refractivity (Wildman–Crippen MR) is 87.0 cm³/mol. The molecule has 0 aromatic heterocycles. The lowest BCUT2D eigenvalue weighted by molar-refractivity contribution is -0.122. The topological polar surface area (TPSA) is 63.2 Å². The van der Waals surface area contributed by atoms with Gasteiger partial charge in [-0.1, -0.05) is 6.07 Å². The molecule has 0 aliphatic carbocycles. The van der Waals surface area contributed by atoms with Gasteiger partial charge in [-0.3, -0.25) is 9.69 Å². The molecule has 118 valence electrons. The highest BCUT2D eigenvalue weighted by Gasteiger charge is 2.33. The Morgan fingerprint density at radius 3 is 2.77 bits per heavy atom. The Labute approximate surface area is 130 Å². The summed E-state index contributed by atoms with van der Waals surface area (Å²) in [5, 5.41) is 3.04. The maximum Gasteiger partial charge on any atom is 0.300 e. The van der Waals surface area contributed by atoms with Crippen molar-refractivity contribution in [1.29, 1.82) is 0 Å². The summed E-state index contributed by atoms with van der Waals surface area (Å²) < 4.78 is 10.9. The molecule has 1 aliphatic rings. The van der Waals surface area contributed by atoms with E-state index in [1.807, 2.05) is 39.1 Å². The molecule has 1 saturated heterocycles. The lowest BCUT2D eigenvalue weighted by Gasteiger charge is -2.08. The van der Waals surface area contributed by atoms with Gasteiger partial charge in [0.1, 0.15) is 5.75 Å². The van der Waals surface area contributed by atoms with Crippen LogP contribution >= 0.6 is 0 Å². The lowest BCUT2D eigenvalue weighted by Crippen LogP contribution is -2.29. The highest BCUT2D eigenvalue weighted by Crippen LogP contribution is 2.27. The Bertz CT molecular complexity index is 623. The molecule has 1 aromatic rings. The van der Waals surface area contributed by atoms with E-state index in [2.05, 4.69) is 10.3 Å². The second kappa shape index (κ2) is 6.98. The third kappa shape index (κ3) is 3.05. The highest BCUT2D eigenvalue weighted by molar-refractivity contribution is 6.11. The van der Waals surface area contributed by atoms with E-state index in [9.17, 15) is 4.79 Å². The molecule has 0 bridgehead atoms. The summed E-state index contributed by atoms with van der Waals surface area (Å²) in [6.07, 6.45) is 1.70. The quantitative estimate of drug-likeness (QED) is 0.848. The number of nitrogens with zero attached hydrogens (tertiary/aromatic N) is 2. The average Bonchev–Trinajstić information content (AvgIpc) is 2.82. The molecule has 2 rings (SSSR count). The molecule has 1 heterocycles. The summed E-state index contributed by atoms with van der Waals surface area (Å²) in [6, 6.07) is 5.99. The molecule has 0 unspecified atom stereocenters. The third-order valence-electron chi connectivity index (χ3n) is 3.29. The van der Waals surface area contributed by atoms with Gasteiger partial charge in [-0.15, -0.1) is 0 Å². The fourth-order valence-corrected chi connectivity index (χ4v) is 2.20. The SMILES string of the molecule is CCN=C1O/C(=C/c2ccc(NC)c(OC)c2)C(=O)N1CC. The number of likely N-dealkylation sites (N-methyl/N-ethyl adjacent to an activating group) is 1. The number of carbonyl (C=O) groups is 1. The third-order valence-corrected chi connectivity index (χ3v) is 3.29. The Balaban J connectivity index is 2.33. The number of hydrogen-bond donors (Lipinski definition) is 1. The first-order valence-corrected chi connectivity index (χ1v) is 7.26. The standard InChI is InChI=1S/C16H21N3O3/c1-5-18-16-19(6-2)15(20)14(22-16)10-11-7-8-12(17-3)13(9-11)21-4/h7-10,17H,5-6H2,1-4H3/b14-10+,18-16?. The second-order valence-corrected chi connectivity index (χ2v) is 4.63. The Morgan fingerprint density at radius 1 is 1.41 bits per heavy atom. The largest absolute Gasteiger partial charge is 0.495 e. The maximum atomic E-state index is 12.3.